The fourth-order valence-electron chi connectivity index (χ4n) is 13.0. The number of para-hydroxylation sites is 2. The van der Waals surface area contributed by atoms with Gasteiger partial charge in [-0.1, -0.05) is 194 Å². The summed E-state index contributed by atoms with van der Waals surface area (Å²) in [6.07, 6.45) is 3.76. The van der Waals surface area contributed by atoms with E-state index < -0.39 is 0 Å². The molecule has 0 aliphatic rings. The Bertz CT molecular complexity index is 5210. The average molecular weight is 1020 g/mol. The second-order valence-corrected chi connectivity index (χ2v) is 21.3. The highest BCUT2D eigenvalue weighted by molar-refractivity contribution is 6.27. The van der Waals surface area contributed by atoms with Crippen molar-refractivity contribution in [3.63, 3.8) is 0 Å². The zero-order valence-corrected chi connectivity index (χ0v) is 44.0. The Morgan fingerprint density at radius 1 is 0.237 bits per heavy atom. The Morgan fingerprint density at radius 2 is 0.650 bits per heavy atom. The third-order valence-electron chi connectivity index (χ3n) is 16.8. The topological polar surface area (TPSA) is 51.6 Å². The fourth-order valence-corrected chi connectivity index (χ4v) is 13.0. The molecular weight excluding hydrogens is 969 g/mol. The van der Waals surface area contributed by atoms with E-state index >= 15 is 0 Å². The van der Waals surface area contributed by atoms with Crippen molar-refractivity contribution in [3.8, 4) is 67.2 Å². The molecule has 16 aromatic rings. The van der Waals surface area contributed by atoms with Crippen LogP contribution in [0.25, 0.3) is 164 Å². The molecule has 0 saturated heterocycles. The van der Waals surface area contributed by atoms with Crippen LogP contribution in [0, 0.1) is 13.8 Å². The molecule has 0 N–H and O–H groups in total. The number of rotatable bonds is 6. The van der Waals surface area contributed by atoms with Crippen molar-refractivity contribution in [2.45, 2.75) is 13.8 Å². The predicted molar refractivity (Wildman–Crippen MR) is 337 cm³/mol. The van der Waals surface area contributed by atoms with Crippen molar-refractivity contribution in [2.24, 2.45) is 0 Å². The van der Waals surface area contributed by atoms with Gasteiger partial charge in [-0.2, -0.15) is 0 Å². The molecule has 0 atom stereocenters. The molecule has 80 heavy (non-hydrogen) atoms. The zero-order chi connectivity index (χ0) is 53.0. The lowest BCUT2D eigenvalue weighted by Crippen LogP contribution is -1.99. The maximum atomic E-state index is 5.74. The zero-order valence-electron chi connectivity index (χ0n) is 44.0. The molecule has 4 heteroatoms. The van der Waals surface area contributed by atoms with Crippen LogP contribution in [0.4, 0.5) is 0 Å². The largest absolute Gasteiger partial charge is 0.256 e. The third kappa shape index (κ3) is 7.23. The van der Waals surface area contributed by atoms with Crippen molar-refractivity contribution in [3.05, 3.63) is 266 Å². The van der Waals surface area contributed by atoms with Gasteiger partial charge in [-0.3, -0.25) is 9.97 Å². The number of hydrogen-bond donors (Lipinski definition) is 0. The van der Waals surface area contributed by atoms with Gasteiger partial charge in [-0.15, -0.1) is 0 Å². The number of nitrogens with zero attached hydrogens (tertiary/aromatic N) is 4. The van der Waals surface area contributed by atoms with Crippen molar-refractivity contribution in [1.82, 2.24) is 19.9 Å². The third-order valence-corrected chi connectivity index (χ3v) is 16.8. The molecule has 372 valence electrons. The Balaban J connectivity index is 0.985. The highest BCUT2D eigenvalue weighted by Gasteiger charge is 2.22. The van der Waals surface area contributed by atoms with Crippen LogP contribution in [0.5, 0.6) is 0 Å². The first-order valence-electron chi connectivity index (χ1n) is 27.4. The molecule has 0 fully saturated rings. The van der Waals surface area contributed by atoms with Gasteiger partial charge in [-0.25, -0.2) is 9.97 Å². The SMILES string of the molecule is Cc1cc(-c2nc(-c3ccc(-c4cccc5cccnc45)c(C)c3)c3cc(-c4ccc5c6ccccc6c6ccccc6c5c4)cc(-c4ccc5c6ccccc6c6ccccc6c5c4)c3n2)ccc1-c1cccc2cccnc12. The van der Waals surface area contributed by atoms with Gasteiger partial charge in [0.2, 0.25) is 0 Å². The van der Waals surface area contributed by atoms with Gasteiger partial charge in [-0.05, 0) is 166 Å². The molecular formula is C76H48N4. The molecule has 0 aliphatic heterocycles. The highest BCUT2D eigenvalue weighted by Crippen LogP contribution is 2.45. The maximum absolute atomic E-state index is 5.74. The van der Waals surface area contributed by atoms with Gasteiger partial charge in [0, 0.05) is 56.4 Å². The van der Waals surface area contributed by atoms with Gasteiger partial charge in [0.05, 0.1) is 22.2 Å². The van der Waals surface area contributed by atoms with Crippen LogP contribution < -0.4 is 0 Å². The van der Waals surface area contributed by atoms with E-state index in [-0.39, 0.29) is 0 Å². The van der Waals surface area contributed by atoms with Gasteiger partial charge in [0.1, 0.15) is 0 Å². The quantitative estimate of drug-likeness (QED) is 0.156. The molecule has 4 nitrogen and oxygen atoms in total. The first-order chi connectivity index (χ1) is 39.5. The van der Waals surface area contributed by atoms with Crippen molar-refractivity contribution >= 4 is 97.3 Å². The molecule has 0 spiro atoms. The van der Waals surface area contributed by atoms with E-state index in [0.717, 1.165) is 105 Å². The number of hydrogen-bond acceptors (Lipinski definition) is 4. The molecule has 0 unspecified atom stereocenters. The van der Waals surface area contributed by atoms with Crippen molar-refractivity contribution in [2.75, 3.05) is 0 Å². The minimum absolute atomic E-state index is 0.661. The van der Waals surface area contributed by atoms with E-state index in [1.807, 2.05) is 24.5 Å². The smallest absolute Gasteiger partial charge is 0.160 e. The monoisotopic (exact) mass is 1020 g/mol. The minimum atomic E-state index is 0.661. The highest BCUT2D eigenvalue weighted by atomic mass is 14.9. The Labute approximate surface area is 462 Å². The molecule has 0 saturated carbocycles. The van der Waals surface area contributed by atoms with Crippen LogP contribution in [0.1, 0.15) is 11.1 Å². The van der Waals surface area contributed by atoms with Crippen LogP contribution in [0.2, 0.25) is 0 Å². The van der Waals surface area contributed by atoms with E-state index in [4.69, 9.17) is 19.9 Å². The van der Waals surface area contributed by atoms with E-state index in [1.165, 1.54) is 64.6 Å². The number of fused-ring (bicyclic) bond motifs is 15. The summed E-state index contributed by atoms with van der Waals surface area (Å²) in [5.41, 5.74) is 16.7. The van der Waals surface area contributed by atoms with Crippen LogP contribution in [0.15, 0.2) is 255 Å². The Kier molecular flexibility index (Phi) is 10.3. The Hall–Kier alpha value is -10.4. The summed E-state index contributed by atoms with van der Waals surface area (Å²) in [4.78, 5) is 21.2. The van der Waals surface area contributed by atoms with Crippen molar-refractivity contribution < 1.29 is 0 Å². The lowest BCUT2D eigenvalue weighted by molar-refractivity contribution is 1.22. The van der Waals surface area contributed by atoms with Gasteiger partial charge in [0.25, 0.3) is 0 Å². The molecule has 0 aliphatic carbocycles. The number of benzene rings is 13. The number of pyridine rings is 2. The van der Waals surface area contributed by atoms with Crippen LogP contribution in [-0.4, -0.2) is 19.9 Å². The standard InChI is InChI=1S/C76H48N4/c1-45-39-51(31-33-54(45)66-27-11-15-47-17-13-37-77-72(47)66)74-71-44-53(49-29-35-64-60-23-5-3-19-56(60)58-21-7-9-25-62(58)69(64)41-49)43-68(50-30-36-65-61-24-6-4-20-57(61)59-22-8-10-26-63(59)70(65)42-50)75(71)80-76(79-74)52-32-34-55(46(2)40-52)67-28-12-16-48-18-14-38-78-73(48)67/h3-44H,1-2H3. The van der Waals surface area contributed by atoms with E-state index in [9.17, 15) is 0 Å². The van der Waals surface area contributed by atoms with Crippen molar-refractivity contribution in [1.29, 1.82) is 0 Å². The molecule has 3 heterocycles. The first kappa shape index (κ1) is 45.7. The molecule has 0 radical (unpaired) electrons. The summed E-state index contributed by atoms with van der Waals surface area (Å²) in [5.74, 6) is 0.661. The van der Waals surface area contributed by atoms with E-state index in [0.29, 0.717) is 5.82 Å². The van der Waals surface area contributed by atoms with E-state index in [2.05, 4.69) is 244 Å². The van der Waals surface area contributed by atoms with Crippen LogP contribution in [-0.2, 0) is 0 Å². The summed E-state index contributed by atoms with van der Waals surface area (Å²) in [6, 6.07) is 88.6. The minimum Gasteiger partial charge on any atom is -0.256 e. The maximum Gasteiger partial charge on any atom is 0.160 e. The summed E-state index contributed by atoms with van der Waals surface area (Å²) >= 11 is 0. The lowest BCUT2D eigenvalue weighted by Gasteiger charge is -2.18. The number of aryl methyl sites for hydroxylation is 2. The molecule has 3 aromatic heterocycles. The second-order valence-electron chi connectivity index (χ2n) is 21.3. The second kappa shape index (κ2) is 18.1. The summed E-state index contributed by atoms with van der Waals surface area (Å²) < 4.78 is 0. The van der Waals surface area contributed by atoms with Gasteiger partial charge < -0.3 is 0 Å². The van der Waals surface area contributed by atoms with Gasteiger partial charge >= 0.3 is 0 Å². The van der Waals surface area contributed by atoms with Gasteiger partial charge in [0.15, 0.2) is 5.82 Å². The fraction of sp³-hybridized carbons (Fsp3) is 0.0263. The van der Waals surface area contributed by atoms with Crippen LogP contribution in [0.3, 0.4) is 0 Å². The normalized spacial score (nSPS) is 11.9. The van der Waals surface area contributed by atoms with Crippen LogP contribution >= 0.6 is 0 Å². The first-order valence-corrected chi connectivity index (χ1v) is 27.4. The molecule has 0 bridgehead atoms. The number of aromatic nitrogens is 4. The summed E-state index contributed by atoms with van der Waals surface area (Å²) in [7, 11) is 0. The van der Waals surface area contributed by atoms with E-state index in [1.54, 1.807) is 0 Å². The average Bonchev–Trinajstić information content (AvgIpc) is 3.53. The molecule has 0 amide bonds. The summed E-state index contributed by atoms with van der Waals surface area (Å²) in [6.45, 7) is 4.39. The molecule has 16 rings (SSSR count). The molecule has 13 aromatic carbocycles. The Morgan fingerprint density at radius 3 is 1.16 bits per heavy atom. The predicted octanol–water partition coefficient (Wildman–Crippen LogP) is 20.3. The summed E-state index contributed by atoms with van der Waals surface area (Å²) in [5, 5.41) is 18.1. The lowest BCUT2D eigenvalue weighted by atomic mass is 9.88.